The molecule has 1 unspecified atom stereocenters. The van der Waals surface area contributed by atoms with Crippen LogP contribution in [0.15, 0.2) is 18.2 Å². The number of rotatable bonds is 6. The lowest BCUT2D eigenvalue weighted by Gasteiger charge is -2.27. The van der Waals surface area contributed by atoms with E-state index < -0.39 is 0 Å². The number of nitrogens with two attached hydrogens (primary N) is 2. The molecular formula is C15H22N4O2. The maximum Gasteiger partial charge on any atom is 0.321 e. The molecule has 2 rings (SSSR count). The summed E-state index contributed by atoms with van der Waals surface area (Å²) in [5.41, 5.74) is 14.3. The standard InChI is InChI=1S/C15H22N4O2/c1-19-9-11-8-10(6-7-13(11)18-15(19)21)12(16)4-2-3-5-14(17)20/h6-8,12H,2-5,9,16H2,1H3,(H2,17,20)(H,18,21). The minimum Gasteiger partial charge on any atom is -0.370 e. The van der Waals surface area contributed by atoms with Gasteiger partial charge >= 0.3 is 6.03 Å². The van der Waals surface area contributed by atoms with E-state index in [2.05, 4.69) is 5.32 Å². The third-order valence-electron chi connectivity index (χ3n) is 3.74. The highest BCUT2D eigenvalue weighted by Crippen LogP contribution is 2.27. The van der Waals surface area contributed by atoms with Gasteiger partial charge in [-0.1, -0.05) is 18.6 Å². The number of anilines is 1. The van der Waals surface area contributed by atoms with Crippen LogP contribution in [-0.4, -0.2) is 23.9 Å². The van der Waals surface area contributed by atoms with E-state index >= 15 is 0 Å². The van der Waals surface area contributed by atoms with Crippen molar-refractivity contribution in [2.24, 2.45) is 11.5 Å². The van der Waals surface area contributed by atoms with Crippen LogP contribution in [0.1, 0.15) is 42.9 Å². The Morgan fingerprint density at radius 2 is 2.19 bits per heavy atom. The number of amides is 3. The van der Waals surface area contributed by atoms with Gasteiger partial charge in [-0.25, -0.2) is 4.79 Å². The maximum atomic E-state index is 11.6. The van der Waals surface area contributed by atoms with Gasteiger partial charge in [0.05, 0.1) is 0 Å². The van der Waals surface area contributed by atoms with Gasteiger partial charge in [0, 0.05) is 31.7 Å². The normalized spacial score (nSPS) is 15.3. The lowest BCUT2D eigenvalue weighted by molar-refractivity contribution is -0.118. The van der Waals surface area contributed by atoms with Gasteiger partial charge in [-0.2, -0.15) is 0 Å². The summed E-state index contributed by atoms with van der Waals surface area (Å²) < 4.78 is 0. The second-order valence-corrected chi connectivity index (χ2v) is 5.52. The Labute approximate surface area is 124 Å². The molecule has 6 nitrogen and oxygen atoms in total. The molecule has 1 atom stereocenters. The zero-order valence-corrected chi connectivity index (χ0v) is 12.3. The molecule has 1 aliphatic heterocycles. The summed E-state index contributed by atoms with van der Waals surface area (Å²) in [6.07, 6.45) is 2.87. The highest BCUT2D eigenvalue weighted by molar-refractivity contribution is 5.92. The van der Waals surface area contributed by atoms with Crippen LogP contribution in [0.3, 0.4) is 0 Å². The summed E-state index contributed by atoms with van der Waals surface area (Å²) in [6.45, 7) is 0.587. The quantitative estimate of drug-likeness (QED) is 0.695. The molecule has 21 heavy (non-hydrogen) atoms. The summed E-state index contributed by atoms with van der Waals surface area (Å²) in [6, 6.07) is 5.74. The zero-order valence-electron chi connectivity index (χ0n) is 12.3. The Balaban J connectivity index is 1.96. The molecule has 6 heteroatoms. The Hall–Kier alpha value is -2.08. The highest BCUT2D eigenvalue weighted by Gasteiger charge is 2.20. The summed E-state index contributed by atoms with van der Waals surface area (Å²) in [4.78, 5) is 23.9. The summed E-state index contributed by atoms with van der Waals surface area (Å²) in [7, 11) is 1.76. The largest absolute Gasteiger partial charge is 0.370 e. The minimum atomic E-state index is -0.267. The number of carbonyl (C=O) groups is 2. The average Bonchev–Trinajstić information content (AvgIpc) is 2.44. The number of carbonyl (C=O) groups excluding carboxylic acids is 2. The Morgan fingerprint density at radius 1 is 1.43 bits per heavy atom. The number of hydrogen-bond donors (Lipinski definition) is 3. The predicted molar refractivity (Wildman–Crippen MR) is 81.5 cm³/mol. The van der Waals surface area contributed by atoms with Gasteiger partial charge in [0.25, 0.3) is 0 Å². The number of benzene rings is 1. The smallest absolute Gasteiger partial charge is 0.321 e. The van der Waals surface area contributed by atoms with Crippen LogP contribution in [0.25, 0.3) is 0 Å². The molecule has 1 aliphatic rings. The molecule has 1 aromatic rings. The van der Waals surface area contributed by atoms with Crippen molar-refractivity contribution in [3.05, 3.63) is 29.3 Å². The van der Waals surface area contributed by atoms with E-state index in [1.807, 2.05) is 18.2 Å². The second kappa shape index (κ2) is 6.58. The first-order chi connectivity index (χ1) is 9.97. The third-order valence-corrected chi connectivity index (χ3v) is 3.74. The molecule has 1 heterocycles. The molecule has 0 fully saturated rings. The van der Waals surface area contributed by atoms with E-state index in [4.69, 9.17) is 11.5 Å². The zero-order chi connectivity index (χ0) is 15.4. The molecule has 0 radical (unpaired) electrons. The van der Waals surface area contributed by atoms with Gasteiger partial charge < -0.3 is 21.7 Å². The van der Waals surface area contributed by atoms with Crippen LogP contribution < -0.4 is 16.8 Å². The fraction of sp³-hybridized carbons (Fsp3) is 0.467. The van der Waals surface area contributed by atoms with Gasteiger partial charge in [-0.05, 0) is 30.0 Å². The first-order valence-electron chi connectivity index (χ1n) is 7.16. The van der Waals surface area contributed by atoms with E-state index in [-0.39, 0.29) is 18.0 Å². The topological polar surface area (TPSA) is 101 Å². The predicted octanol–water partition coefficient (Wildman–Crippen LogP) is 1.71. The van der Waals surface area contributed by atoms with Crippen LogP contribution >= 0.6 is 0 Å². The van der Waals surface area contributed by atoms with Crippen molar-refractivity contribution < 1.29 is 9.59 Å². The monoisotopic (exact) mass is 290 g/mol. The van der Waals surface area contributed by atoms with E-state index in [1.54, 1.807) is 11.9 Å². The lowest BCUT2D eigenvalue weighted by atomic mass is 9.97. The van der Waals surface area contributed by atoms with Crippen LogP contribution in [0.4, 0.5) is 10.5 Å². The van der Waals surface area contributed by atoms with E-state index in [9.17, 15) is 9.59 Å². The molecule has 3 amide bonds. The molecule has 0 bridgehead atoms. The van der Waals surface area contributed by atoms with Crippen molar-refractivity contribution in [1.29, 1.82) is 0 Å². The van der Waals surface area contributed by atoms with Gasteiger partial charge in [-0.15, -0.1) is 0 Å². The average molecular weight is 290 g/mol. The number of urea groups is 1. The number of nitrogens with zero attached hydrogens (tertiary/aromatic N) is 1. The lowest BCUT2D eigenvalue weighted by Crippen LogP contribution is -2.35. The second-order valence-electron chi connectivity index (χ2n) is 5.52. The molecule has 114 valence electrons. The van der Waals surface area contributed by atoms with E-state index in [0.29, 0.717) is 13.0 Å². The number of nitrogens with one attached hydrogen (secondary N) is 1. The van der Waals surface area contributed by atoms with Crippen LogP contribution in [-0.2, 0) is 11.3 Å². The fourth-order valence-corrected chi connectivity index (χ4v) is 2.47. The Kier molecular flexibility index (Phi) is 4.80. The molecule has 1 aromatic carbocycles. The Morgan fingerprint density at radius 3 is 2.90 bits per heavy atom. The number of unbranched alkanes of at least 4 members (excludes halogenated alkanes) is 1. The molecule has 0 aliphatic carbocycles. The van der Waals surface area contributed by atoms with Crippen molar-refractivity contribution >= 4 is 17.6 Å². The van der Waals surface area contributed by atoms with Gasteiger partial charge in [0.2, 0.25) is 5.91 Å². The fourth-order valence-electron chi connectivity index (χ4n) is 2.47. The molecule has 0 spiro atoms. The SMILES string of the molecule is CN1Cc2cc(C(N)CCCCC(N)=O)ccc2NC1=O. The Bertz CT molecular complexity index is 544. The maximum absolute atomic E-state index is 11.6. The van der Waals surface area contributed by atoms with Crippen molar-refractivity contribution in [3.8, 4) is 0 Å². The molecule has 0 saturated carbocycles. The first kappa shape index (κ1) is 15.3. The summed E-state index contributed by atoms with van der Waals surface area (Å²) in [5, 5.41) is 2.84. The van der Waals surface area contributed by atoms with E-state index in [0.717, 1.165) is 36.1 Å². The van der Waals surface area contributed by atoms with Crippen molar-refractivity contribution in [3.63, 3.8) is 0 Å². The molecule has 5 N–H and O–H groups in total. The van der Waals surface area contributed by atoms with E-state index in [1.165, 1.54) is 0 Å². The molecule has 0 aromatic heterocycles. The van der Waals surface area contributed by atoms with Crippen LogP contribution in [0.2, 0.25) is 0 Å². The first-order valence-corrected chi connectivity index (χ1v) is 7.16. The number of primary amides is 1. The van der Waals surface area contributed by atoms with Crippen molar-refractivity contribution in [2.45, 2.75) is 38.3 Å². The van der Waals surface area contributed by atoms with Gasteiger partial charge in [0.1, 0.15) is 0 Å². The number of fused-ring (bicyclic) bond motifs is 1. The van der Waals surface area contributed by atoms with Crippen LogP contribution in [0, 0.1) is 0 Å². The van der Waals surface area contributed by atoms with Gasteiger partial charge in [-0.3, -0.25) is 4.79 Å². The third kappa shape index (κ3) is 3.95. The van der Waals surface area contributed by atoms with Crippen molar-refractivity contribution in [2.75, 3.05) is 12.4 Å². The number of hydrogen-bond acceptors (Lipinski definition) is 3. The summed E-state index contributed by atoms with van der Waals surface area (Å²) in [5.74, 6) is -0.267. The minimum absolute atomic E-state index is 0.0638. The molecule has 0 saturated heterocycles. The van der Waals surface area contributed by atoms with Crippen molar-refractivity contribution in [1.82, 2.24) is 4.90 Å². The molecular weight excluding hydrogens is 268 g/mol. The van der Waals surface area contributed by atoms with Gasteiger partial charge in [0.15, 0.2) is 0 Å². The highest BCUT2D eigenvalue weighted by atomic mass is 16.2. The summed E-state index contributed by atoms with van der Waals surface area (Å²) >= 11 is 0. The van der Waals surface area contributed by atoms with Crippen LogP contribution in [0.5, 0.6) is 0 Å².